The SMILES string of the molecule is O=c1[nH]ncc(NCC2(CO)CCCCC2)c1Br. The van der Waals surface area contributed by atoms with E-state index in [0.717, 1.165) is 25.7 Å². The standard InChI is InChI=1S/C12H18BrN3O2/c13-10-9(6-15-16-11(10)18)14-7-12(8-17)4-2-1-3-5-12/h6,17H,1-5,7-8H2,(H2,14,16,18). The van der Waals surface area contributed by atoms with Crippen molar-refractivity contribution in [1.82, 2.24) is 10.2 Å². The summed E-state index contributed by atoms with van der Waals surface area (Å²) < 4.78 is 0.460. The van der Waals surface area contributed by atoms with Gasteiger partial charge in [0.2, 0.25) is 0 Å². The van der Waals surface area contributed by atoms with E-state index in [1.54, 1.807) is 6.20 Å². The van der Waals surface area contributed by atoms with Gasteiger partial charge in [0.05, 0.1) is 18.5 Å². The topological polar surface area (TPSA) is 78.0 Å². The maximum atomic E-state index is 11.4. The lowest BCUT2D eigenvalue weighted by atomic mass is 9.74. The first-order valence-corrected chi connectivity index (χ1v) is 7.04. The molecule has 1 saturated carbocycles. The molecule has 6 heteroatoms. The van der Waals surface area contributed by atoms with Crippen LogP contribution in [-0.2, 0) is 0 Å². The summed E-state index contributed by atoms with van der Waals surface area (Å²) in [6, 6.07) is 0. The van der Waals surface area contributed by atoms with Gasteiger partial charge in [-0.05, 0) is 28.8 Å². The molecule has 0 bridgehead atoms. The first kappa shape index (κ1) is 13.5. The van der Waals surface area contributed by atoms with Crippen LogP contribution in [0, 0.1) is 5.41 Å². The minimum atomic E-state index is -0.248. The van der Waals surface area contributed by atoms with Crippen molar-refractivity contribution in [3.63, 3.8) is 0 Å². The molecule has 100 valence electrons. The maximum absolute atomic E-state index is 11.4. The fourth-order valence-corrected chi connectivity index (χ4v) is 2.81. The Hall–Kier alpha value is -0.880. The van der Waals surface area contributed by atoms with Crippen LogP contribution < -0.4 is 10.9 Å². The largest absolute Gasteiger partial charge is 0.396 e. The van der Waals surface area contributed by atoms with Gasteiger partial charge >= 0.3 is 0 Å². The van der Waals surface area contributed by atoms with Gasteiger partial charge in [0.25, 0.3) is 5.56 Å². The molecule has 2 rings (SSSR count). The van der Waals surface area contributed by atoms with Gasteiger partial charge in [0.1, 0.15) is 4.47 Å². The Bertz CT molecular complexity index is 455. The van der Waals surface area contributed by atoms with Gasteiger partial charge in [0.15, 0.2) is 0 Å². The van der Waals surface area contributed by atoms with Crippen molar-refractivity contribution in [2.45, 2.75) is 32.1 Å². The number of aliphatic hydroxyl groups is 1. The second-order valence-corrected chi connectivity index (χ2v) is 5.79. The Morgan fingerprint density at radius 1 is 1.44 bits per heavy atom. The molecule has 0 radical (unpaired) electrons. The molecule has 1 heterocycles. The molecule has 1 aromatic heterocycles. The summed E-state index contributed by atoms with van der Waals surface area (Å²) >= 11 is 3.24. The average molecular weight is 316 g/mol. The predicted octanol–water partition coefficient (Wildman–Crippen LogP) is 1.89. The van der Waals surface area contributed by atoms with Crippen LogP contribution in [0.15, 0.2) is 15.5 Å². The molecular weight excluding hydrogens is 298 g/mol. The van der Waals surface area contributed by atoms with Crippen LogP contribution in [0.5, 0.6) is 0 Å². The van der Waals surface area contributed by atoms with Gasteiger partial charge < -0.3 is 10.4 Å². The molecule has 0 aromatic carbocycles. The second-order valence-electron chi connectivity index (χ2n) is 5.00. The number of nitrogens with zero attached hydrogens (tertiary/aromatic N) is 1. The predicted molar refractivity (Wildman–Crippen MR) is 73.7 cm³/mol. The van der Waals surface area contributed by atoms with Crippen molar-refractivity contribution in [2.24, 2.45) is 5.41 Å². The zero-order chi connectivity index (χ0) is 13.0. The van der Waals surface area contributed by atoms with E-state index in [2.05, 4.69) is 31.4 Å². The van der Waals surface area contributed by atoms with Gasteiger partial charge in [-0.2, -0.15) is 5.10 Å². The summed E-state index contributed by atoms with van der Waals surface area (Å²) in [6.45, 7) is 0.863. The highest BCUT2D eigenvalue weighted by Gasteiger charge is 2.31. The zero-order valence-electron chi connectivity index (χ0n) is 10.2. The third kappa shape index (κ3) is 2.92. The van der Waals surface area contributed by atoms with Gasteiger partial charge in [-0.25, -0.2) is 5.10 Å². The summed E-state index contributed by atoms with van der Waals surface area (Å²) in [4.78, 5) is 11.4. The monoisotopic (exact) mass is 315 g/mol. The molecule has 1 aliphatic carbocycles. The van der Waals surface area contributed by atoms with Gasteiger partial charge in [-0.1, -0.05) is 19.3 Å². The Kier molecular flexibility index (Phi) is 4.40. The van der Waals surface area contributed by atoms with Crippen molar-refractivity contribution < 1.29 is 5.11 Å². The molecular formula is C12H18BrN3O2. The molecule has 1 aliphatic rings. The van der Waals surface area contributed by atoms with E-state index < -0.39 is 0 Å². The van der Waals surface area contributed by atoms with Crippen LogP contribution in [0.1, 0.15) is 32.1 Å². The number of aromatic amines is 1. The smallest absolute Gasteiger partial charge is 0.280 e. The Balaban J connectivity index is 2.05. The van der Waals surface area contributed by atoms with E-state index in [1.807, 2.05) is 0 Å². The molecule has 1 aromatic rings. The van der Waals surface area contributed by atoms with Crippen LogP contribution in [0.4, 0.5) is 5.69 Å². The number of hydrogen-bond donors (Lipinski definition) is 3. The van der Waals surface area contributed by atoms with Crippen LogP contribution in [0.25, 0.3) is 0 Å². The molecule has 0 unspecified atom stereocenters. The molecule has 0 aliphatic heterocycles. The average Bonchev–Trinajstić information content (AvgIpc) is 2.41. The lowest BCUT2D eigenvalue weighted by Gasteiger charge is -2.36. The molecule has 1 fully saturated rings. The second kappa shape index (κ2) is 5.84. The number of rotatable bonds is 4. The Morgan fingerprint density at radius 3 is 2.83 bits per heavy atom. The van der Waals surface area contributed by atoms with Crippen LogP contribution in [0.3, 0.4) is 0 Å². The summed E-state index contributed by atoms with van der Waals surface area (Å²) in [7, 11) is 0. The van der Waals surface area contributed by atoms with Gasteiger partial charge in [0, 0.05) is 12.0 Å². The highest BCUT2D eigenvalue weighted by molar-refractivity contribution is 9.10. The fraction of sp³-hybridized carbons (Fsp3) is 0.667. The molecule has 0 saturated heterocycles. The van der Waals surface area contributed by atoms with E-state index >= 15 is 0 Å². The quantitative estimate of drug-likeness (QED) is 0.793. The van der Waals surface area contributed by atoms with E-state index in [4.69, 9.17) is 0 Å². The number of hydrogen-bond acceptors (Lipinski definition) is 4. The zero-order valence-corrected chi connectivity index (χ0v) is 11.8. The molecule has 18 heavy (non-hydrogen) atoms. The first-order chi connectivity index (χ1) is 8.67. The number of aliphatic hydroxyl groups excluding tert-OH is 1. The third-order valence-electron chi connectivity index (χ3n) is 3.70. The van der Waals surface area contributed by atoms with Crippen molar-refractivity contribution in [1.29, 1.82) is 0 Å². The third-order valence-corrected chi connectivity index (χ3v) is 4.49. The number of aromatic nitrogens is 2. The summed E-state index contributed by atoms with van der Waals surface area (Å²) in [6.07, 6.45) is 7.22. The highest BCUT2D eigenvalue weighted by atomic mass is 79.9. The number of H-pyrrole nitrogens is 1. The number of anilines is 1. The van der Waals surface area contributed by atoms with Crippen LogP contribution in [-0.4, -0.2) is 28.5 Å². The molecule has 0 spiro atoms. The minimum Gasteiger partial charge on any atom is -0.396 e. The van der Waals surface area contributed by atoms with Crippen LogP contribution in [0.2, 0.25) is 0 Å². The molecule has 3 N–H and O–H groups in total. The first-order valence-electron chi connectivity index (χ1n) is 6.25. The summed E-state index contributed by atoms with van der Waals surface area (Å²) in [5.41, 5.74) is 0.374. The number of nitrogens with one attached hydrogen (secondary N) is 2. The van der Waals surface area contributed by atoms with E-state index in [-0.39, 0.29) is 17.6 Å². The van der Waals surface area contributed by atoms with Crippen molar-refractivity contribution in [3.05, 3.63) is 21.0 Å². The van der Waals surface area contributed by atoms with E-state index in [0.29, 0.717) is 16.7 Å². The highest BCUT2D eigenvalue weighted by Crippen LogP contribution is 2.36. The van der Waals surface area contributed by atoms with Crippen molar-refractivity contribution in [2.75, 3.05) is 18.5 Å². The van der Waals surface area contributed by atoms with E-state index in [9.17, 15) is 9.90 Å². The van der Waals surface area contributed by atoms with Crippen molar-refractivity contribution >= 4 is 21.6 Å². The Morgan fingerprint density at radius 2 is 2.17 bits per heavy atom. The Labute approximate surface area is 114 Å². The number of halogens is 1. The fourth-order valence-electron chi connectivity index (χ4n) is 2.48. The van der Waals surface area contributed by atoms with Gasteiger partial charge in [-0.3, -0.25) is 4.79 Å². The van der Waals surface area contributed by atoms with E-state index in [1.165, 1.54) is 6.42 Å². The van der Waals surface area contributed by atoms with Crippen molar-refractivity contribution in [3.8, 4) is 0 Å². The normalized spacial score (nSPS) is 18.6. The molecule has 5 nitrogen and oxygen atoms in total. The lowest BCUT2D eigenvalue weighted by molar-refractivity contribution is 0.0944. The minimum absolute atomic E-state index is 0.0553. The molecule has 0 atom stereocenters. The maximum Gasteiger partial charge on any atom is 0.280 e. The molecule has 0 amide bonds. The van der Waals surface area contributed by atoms with Gasteiger partial charge in [-0.15, -0.1) is 0 Å². The summed E-state index contributed by atoms with van der Waals surface area (Å²) in [5, 5.41) is 19.0. The summed E-state index contributed by atoms with van der Waals surface area (Å²) in [5.74, 6) is 0. The van der Waals surface area contributed by atoms with Crippen LogP contribution >= 0.6 is 15.9 Å². The lowest BCUT2D eigenvalue weighted by Crippen LogP contribution is -2.35.